The molecule has 0 fully saturated rings. The topological polar surface area (TPSA) is 47.9 Å². The normalized spacial score (nSPS) is 11.1. The fraction of sp³-hybridized carbons (Fsp3) is 0.667. The van der Waals surface area contributed by atoms with Crippen molar-refractivity contribution in [3.05, 3.63) is 11.1 Å². The lowest BCUT2D eigenvalue weighted by Crippen LogP contribution is -2.11. The first kappa shape index (κ1) is 11.2. The minimum absolute atomic E-state index is 0.0356. The van der Waals surface area contributed by atoms with Crippen molar-refractivity contribution in [3.8, 4) is 6.01 Å². The van der Waals surface area contributed by atoms with Crippen LogP contribution in [0.4, 0.5) is 0 Å². The van der Waals surface area contributed by atoms with E-state index in [0.717, 1.165) is 0 Å². The van der Waals surface area contributed by atoms with Gasteiger partial charge in [0.15, 0.2) is 0 Å². The Hall–Kier alpha value is -0.900. The molecule has 0 spiro atoms. The van der Waals surface area contributed by atoms with Crippen LogP contribution in [0.15, 0.2) is 0 Å². The molecule has 1 aromatic heterocycles. The Morgan fingerprint density at radius 2 is 1.71 bits per heavy atom. The molecular weight excluding hydrogens is 202 g/mol. The maximum Gasteiger partial charge on any atom is 0.321 e. The molecule has 78 valence electrons. The average molecular weight is 216 g/mol. The molecular formula is C9H14ClN3O. The molecule has 0 amide bonds. The molecule has 0 aliphatic carbocycles. The Bertz CT molecular complexity index is 315. The molecule has 1 aromatic rings. The third-order valence-corrected chi connectivity index (χ3v) is 1.63. The van der Waals surface area contributed by atoms with Gasteiger partial charge in [0.25, 0.3) is 0 Å². The van der Waals surface area contributed by atoms with Crippen molar-refractivity contribution < 1.29 is 4.74 Å². The molecule has 0 N–H and O–H groups in total. The van der Waals surface area contributed by atoms with E-state index in [4.69, 9.17) is 16.3 Å². The Morgan fingerprint density at radius 3 is 2.21 bits per heavy atom. The second-order valence-corrected chi connectivity index (χ2v) is 3.90. The molecule has 0 radical (unpaired) electrons. The molecule has 4 nitrogen and oxygen atoms in total. The van der Waals surface area contributed by atoms with Gasteiger partial charge in [-0.2, -0.15) is 9.97 Å². The van der Waals surface area contributed by atoms with Crippen molar-refractivity contribution in [2.45, 2.75) is 39.7 Å². The van der Waals surface area contributed by atoms with Crippen LogP contribution in [0.2, 0.25) is 5.28 Å². The standard InChI is InChI=1S/C9H14ClN3O/c1-5(2)7-11-8(10)13-9(12-7)14-6(3)4/h5-6H,1-4H3. The molecule has 0 aromatic carbocycles. The second-order valence-electron chi connectivity index (χ2n) is 3.57. The number of halogens is 1. The number of rotatable bonds is 3. The third-order valence-electron chi connectivity index (χ3n) is 1.46. The number of hydrogen-bond acceptors (Lipinski definition) is 4. The van der Waals surface area contributed by atoms with E-state index in [1.807, 2.05) is 27.7 Å². The summed E-state index contributed by atoms with van der Waals surface area (Å²) in [5.74, 6) is 0.866. The number of hydrogen-bond donors (Lipinski definition) is 0. The summed E-state index contributed by atoms with van der Waals surface area (Å²) in [6.45, 7) is 7.80. The van der Waals surface area contributed by atoms with E-state index in [1.54, 1.807) is 0 Å². The van der Waals surface area contributed by atoms with Gasteiger partial charge in [0.05, 0.1) is 6.10 Å². The van der Waals surface area contributed by atoms with Crippen molar-refractivity contribution in [2.24, 2.45) is 0 Å². The predicted octanol–water partition coefficient (Wildman–Crippen LogP) is 2.44. The first-order valence-corrected chi connectivity index (χ1v) is 4.95. The van der Waals surface area contributed by atoms with Crippen LogP contribution in [0.25, 0.3) is 0 Å². The number of aromatic nitrogens is 3. The van der Waals surface area contributed by atoms with Gasteiger partial charge in [0.2, 0.25) is 5.28 Å². The Kier molecular flexibility index (Phi) is 3.63. The molecule has 0 saturated carbocycles. The van der Waals surface area contributed by atoms with Gasteiger partial charge in [-0.05, 0) is 25.4 Å². The zero-order chi connectivity index (χ0) is 10.7. The van der Waals surface area contributed by atoms with Crippen LogP contribution in [0, 0.1) is 0 Å². The maximum atomic E-state index is 5.74. The largest absolute Gasteiger partial charge is 0.461 e. The first-order valence-electron chi connectivity index (χ1n) is 4.57. The summed E-state index contributed by atoms with van der Waals surface area (Å²) in [7, 11) is 0. The Balaban J connectivity index is 2.95. The van der Waals surface area contributed by atoms with Crippen LogP contribution in [0.1, 0.15) is 39.4 Å². The Morgan fingerprint density at radius 1 is 1.07 bits per heavy atom. The minimum Gasteiger partial charge on any atom is -0.461 e. The molecule has 14 heavy (non-hydrogen) atoms. The van der Waals surface area contributed by atoms with Gasteiger partial charge in [0.1, 0.15) is 5.82 Å². The zero-order valence-corrected chi connectivity index (χ0v) is 9.54. The molecule has 1 heterocycles. The highest BCUT2D eigenvalue weighted by molar-refractivity contribution is 6.28. The first-order chi connectivity index (χ1) is 6.49. The lowest BCUT2D eigenvalue weighted by atomic mass is 10.2. The zero-order valence-electron chi connectivity index (χ0n) is 8.78. The van der Waals surface area contributed by atoms with Gasteiger partial charge in [-0.25, -0.2) is 4.98 Å². The summed E-state index contributed by atoms with van der Waals surface area (Å²) in [6, 6.07) is 0.295. The van der Waals surface area contributed by atoms with Crippen LogP contribution in [0.5, 0.6) is 6.01 Å². The van der Waals surface area contributed by atoms with Gasteiger partial charge < -0.3 is 4.74 Å². The molecule has 0 unspecified atom stereocenters. The predicted molar refractivity (Wildman–Crippen MR) is 54.7 cm³/mol. The van der Waals surface area contributed by atoms with E-state index in [0.29, 0.717) is 11.8 Å². The summed E-state index contributed by atoms with van der Waals surface area (Å²) >= 11 is 5.74. The van der Waals surface area contributed by atoms with Gasteiger partial charge in [0, 0.05) is 5.92 Å². The van der Waals surface area contributed by atoms with Gasteiger partial charge in [-0.15, -0.1) is 0 Å². The summed E-state index contributed by atoms with van der Waals surface area (Å²) in [5.41, 5.74) is 0. The van der Waals surface area contributed by atoms with Crippen LogP contribution in [-0.4, -0.2) is 21.1 Å². The monoisotopic (exact) mass is 215 g/mol. The molecule has 1 rings (SSSR count). The molecule has 0 aliphatic heterocycles. The second kappa shape index (κ2) is 4.55. The van der Waals surface area contributed by atoms with Crippen LogP contribution < -0.4 is 4.74 Å². The van der Waals surface area contributed by atoms with Crippen molar-refractivity contribution in [1.29, 1.82) is 0 Å². The summed E-state index contributed by atoms with van der Waals surface area (Å²) in [6.07, 6.45) is 0.0356. The quantitative estimate of drug-likeness (QED) is 0.777. The lowest BCUT2D eigenvalue weighted by molar-refractivity contribution is 0.220. The van der Waals surface area contributed by atoms with E-state index in [2.05, 4.69) is 15.0 Å². The SMILES string of the molecule is CC(C)Oc1nc(Cl)nc(C(C)C)n1. The molecule has 0 aliphatic rings. The molecule has 0 saturated heterocycles. The Labute approximate surface area is 88.7 Å². The van der Waals surface area contributed by atoms with E-state index in [1.165, 1.54) is 0 Å². The third kappa shape index (κ3) is 3.10. The molecule has 0 atom stereocenters. The van der Waals surface area contributed by atoms with Crippen molar-refractivity contribution in [3.63, 3.8) is 0 Å². The smallest absolute Gasteiger partial charge is 0.321 e. The summed E-state index contributed by atoms with van der Waals surface area (Å²) < 4.78 is 5.34. The van der Waals surface area contributed by atoms with E-state index in [9.17, 15) is 0 Å². The number of nitrogens with zero attached hydrogens (tertiary/aromatic N) is 3. The van der Waals surface area contributed by atoms with Gasteiger partial charge >= 0.3 is 6.01 Å². The van der Waals surface area contributed by atoms with E-state index >= 15 is 0 Å². The molecule has 0 bridgehead atoms. The number of ether oxygens (including phenoxy) is 1. The van der Waals surface area contributed by atoms with Crippen molar-refractivity contribution in [2.75, 3.05) is 0 Å². The van der Waals surface area contributed by atoms with Crippen LogP contribution in [0.3, 0.4) is 0 Å². The highest BCUT2D eigenvalue weighted by Crippen LogP contribution is 2.15. The molecule has 5 heteroatoms. The lowest BCUT2D eigenvalue weighted by Gasteiger charge is -2.09. The minimum atomic E-state index is 0.0356. The summed E-state index contributed by atoms with van der Waals surface area (Å²) in [5, 5.41) is 0.180. The highest BCUT2D eigenvalue weighted by Gasteiger charge is 2.09. The van der Waals surface area contributed by atoms with E-state index < -0.39 is 0 Å². The van der Waals surface area contributed by atoms with Crippen molar-refractivity contribution >= 4 is 11.6 Å². The maximum absolute atomic E-state index is 5.74. The van der Waals surface area contributed by atoms with Crippen LogP contribution in [-0.2, 0) is 0 Å². The van der Waals surface area contributed by atoms with Gasteiger partial charge in [-0.3, -0.25) is 0 Å². The summed E-state index contributed by atoms with van der Waals surface area (Å²) in [4.78, 5) is 12.0. The average Bonchev–Trinajstić information content (AvgIpc) is 2.01. The van der Waals surface area contributed by atoms with Gasteiger partial charge in [-0.1, -0.05) is 13.8 Å². The fourth-order valence-electron chi connectivity index (χ4n) is 0.868. The van der Waals surface area contributed by atoms with Crippen molar-refractivity contribution in [1.82, 2.24) is 15.0 Å². The van der Waals surface area contributed by atoms with E-state index in [-0.39, 0.29) is 17.3 Å². The van der Waals surface area contributed by atoms with Crippen LogP contribution >= 0.6 is 11.6 Å². The highest BCUT2D eigenvalue weighted by atomic mass is 35.5. The fourth-order valence-corrected chi connectivity index (χ4v) is 1.03.